The average molecular weight is 407 g/mol. The maximum Gasteiger partial charge on any atom is 0.416 e. The number of rotatable bonds is 5. The number of alkyl halides is 6. The van der Waals surface area contributed by atoms with Gasteiger partial charge >= 0.3 is 12.4 Å². The SMILES string of the molecule is CCC1CC(N(C#N)Cc2cc(C(F)(F)F)cc(C(F)(F)F)c2)CC(CC)N1. The van der Waals surface area contributed by atoms with Gasteiger partial charge in [-0.05, 0) is 49.4 Å². The summed E-state index contributed by atoms with van der Waals surface area (Å²) in [7, 11) is 0. The van der Waals surface area contributed by atoms with Crippen LogP contribution in [0.3, 0.4) is 0 Å². The second-order valence-corrected chi connectivity index (χ2v) is 7.14. The monoisotopic (exact) mass is 407 g/mol. The van der Waals surface area contributed by atoms with E-state index < -0.39 is 23.5 Å². The molecular weight excluding hydrogens is 384 g/mol. The van der Waals surface area contributed by atoms with Crippen LogP contribution in [0, 0.1) is 11.5 Å². The van der Waals surface area contributed by atoms with E-state index in [-0.39, 0.29) is 36.3 Å². The van der Waals surface area contributed by atoms with Crippen molar-refractivity contribution < 1.29 is 26.3 Å². The van der Waals surface area contributed by atoms with E-state index >= 15 is 0 Å². The Morgan fingerprint density at radius 2 is 1.43 bits per heavy atom. The molecule has 0 spiro atoms. The van der Waals surface area contributed by atoms with Crippen LogP contribution in [0.1, 0.15) is 56.2 Å². The second-order valence-electron chi connectivity index (χ2n) is 7.14. The summed E-state index contributed by atoms with van der Waals surface area (Å²) in [4.78, 5) is 1.31. The van der Waals surface area contributed by atoms with Gasteiger partial charge in [-0.3, -0.25) is 0 Å². The summed E-state index contributed by atoms with van der Waals surface area (Å²) in [5.41, 5.74) is -2.90. The maximum absolute atomic E-state index is 13.0. The largest absolute Gasteiger partial charge is 0.416 e. The van der Waals surface area contributed by atoms with Gasteiger partial charge in [0.05, 0.1) is 17.7 Å². The van der Waals surface area contributed by atoms with E-state index in [2.05, 4.69) is 5.32 Å². The first-order valence-corrected chi connectivity index (χ1v) is 9.18. The minimum Gasteiger partial charge on any atom is -0.311 e. The van der Waals surface area contributed by atoms with Crippen molar-refractivity contribution in [2.24, 2.45) is 0 Å². The fourth-order valence-corrected chi connectivity index (χ4v) is 3.60. The Kier molecular flexibility index (Phi) is 6.86. The quantitative estimate of drug-likeness (QED) is 0.408. The zero-order valence-corrected chi connectivity index (χ0v) is 15.7. The zero-order valence-electron chi connectivity index (χ0n) is 15.7. The van der Waals surface area contributed by atoms with Crippen LogP contribution < -0.4 is 5.32 Å². The van der Waals surface area contributed by atoms with Gasteiger partial charge in [0.1, 0.15) is 0 Å². The lowest BCUT2D eigenvalue weighted by Crippen LogP contribution is -2.51. The van der Waals surface area contributed by atoms with Gasteiger partial charge in [-0.1, -0.05) is 13.8 Å². The van der Waals surface area contributed by atoms with E-state index in [0.29, 0.717) is 25.0 Å². The first-order chi connectivity index (χ1) is 13.0. The maximum atomic E-state index is 13.0. The Bertz CT molecular complexity index is 663. The normalized spacial score (nSPS) is 23.3. The standard InChI is InChI=1S/C19H23F6N3/c1-3-15-8-17(9-16(4-2)27-15)28(11-26)10-12-5-13(18(20,21)22)7-14(6-12)19(23,24)25/h5-7,15-17,27H,3-4,8-10H2,1-2H3. The number of nitriles is 1. The highest BCUT2D eigenvalue weighted by Gasteiger charge is 2.37. The van der Waals surface area contributed by atoms with Crippen molar-refractivity contribution in [2.75, 3.05) is 0 Å². The summed E-state index contributed by atoms with van der Waals surface area (Å²) < 4.78 is 78.3. The van der Waals surface area contributed by atoms with Crippen LogP contribution in [0.25, 0.3) is 0 Å². The van der Waals surface area contributed by atoms with Gasteiger partial charge in [0.25, 0.3) is 0 Å². The van der Waals surface area contributed by atoms with Crippen molar-refractivity contribution in [3.8, 4) is 6.19 Å². The van der Waals surface area contributed by atoms with E-state index in [1.54, 1.807) is 0 Å². The van der Waals surface area contributed by atoms with Crippen LogP contribution >= 0.6 is 0 Å². The molecule has 1 N–H and O–H groups in total. The van der Waals surface area contributed by atoms with Gasteiger partial charge in [0.2, 0.25) is 0 Å². The average Bonchev–Trinajstić information content (AvgIpc) is 2.63. The van der Waals surface area contributed by atoms with Crippen LogP contribution in [0.15, 0.2) is 18.2 Å². The topological polar surface area (TPSA) is 39.1 Å². The number of hydrogen-bond acceptors (Lipinski definition) is 3. The molecule has 2 rings (SSSR count). The lowest BCUT2D eigenvalue weighted by molar-refractivity contribution is -0.143. The Morgan fingerprint density at radius 3 is 1.79 bits per heavy atom. The van der Waals surface area contributed by atoms with Gasteiger partial charge in [0, 0.05) is 18.1 Å². The molecule has 1 fully saturated rings. The third kappa shape index (κ3) is 5.53. The third-order valence-corrected chi connectivity index (χ3v) is 5.14. The molecule has 0 amide bonds. The molecule has 1 saturated heterocycles. The molecule has 2 unspecified atom stereocenters. The van der Waals surface area contributed by atoms with Crippen molar-refractivity contribution in [3.63, 3.8) is 0 Å². The molecular formula is C19H23F6N3. The minimum atomic E-state index is -4.90. The molecule has 1 aliphatic heterocycles. The molecule has 1 aromatic rings. The first-order valence-electron chi connectivity index (χ1n) is 9.18. The summed E-state index contributed by atoms with van der Waals surface area (Å²) >= 11 is 0. The molecule has 1 aromatic carbocycles. The Balaban J connectivity index is 2.32. The van der Waals surface area contributed by atoms with Crippen LogP contribution in [0.2, 0.25) is 0 Å². The molecule has 0 saturated carbocycles. The number of halogens is 6. The minimum absolute atomic E-state index is 0.102. The number of piperidine rings is 1. The highest BCUT2D eigenvalue weighted by molar-refractivity contribution is 5.34. The predicted molar refractivity (Wildman–Crippen MR) is 91.9 cm³/mol. The first kappa shape index (κ1) is 22.3. The van der Waals surface area contributed by atoms with Crippen molar-refractivity contribution in [1.82, 2.24) is 10.2 Å². The summed E-state index contributed by atoms with van der Waals surface area (Å²) in [6, 6.07) is 1.57. The number of benzene rings is 1. The highest BCUT2D eigenvalue weighted by Crippen LogP contribution is 2.37. The van der Waals surface area contributed by atoms with Gasteiger partial charge in [-0.2, -0.15) is 31.6 Å². The summed E-state index contributed by atoms with van der Waals surface area (Å²) in [6.45, 7) is 3.69. The van der Waals surface area contributed by atoms with Gasteiger partial charge in [-0.15, -0.1) is 0 Å². The lowest BCUT2D eigenvalue weighted by Gasteiger charge is -2.39. The molecule has 9 heteroatoms. The molecule has 0 bridgehead atoms. The van der Waals surface area contributed by atoms with Crippen molar-refractivity contribution >= 4 is 0 Å². The van der Waals surface area contributed by atoms with Crippen LogP contribution in [-0.4, -0.2) is 23.0 Å². The van der Waals surface area contributed by atoms with E-state index in [4.69, 9.17) is 0 Å². The van der Waals surface area contributed by atoms with E-state index in [9.17, 15) is 31.6 Å². The zero-order chi connectivity index (χ0) is 21.1. The molecule has 28 heavy (non-hydrogen) atoms. The summed E-state index contributed by atoms with van der Waals surface area (Å²) in [6.07, 6.45) is -4.94. The van der Waals surface area contributed by atoms with Gasteiger partial charge in [-0.25, -0.2) is 0 Å². The predicted octanol–water partition coefficient (Wildman–Crippen LogP) is 5.32. The molecule has 2 atom stereocenters. The van der Waals surface area contributed by atoms with Gasteiger partial charge in [0.15, 0.2) is 6.19 Å². The summed E-state index contributed by atoms with van der Waals surface area (Å²) in [5.74, 6) is 0. The van der Waals surface area contributed by atoms with Crippen molar-refractivity contribution in [2.45, 2.75) is 76.6 Å². The van der Waals surface area contributed by atoms with Gasteiger partial charge < -0.3 is 10.2 Å². The summed E-state index contributed by atoms with van der Waals surface area (Å²) in [5, 5.41) is 13.0. The Hall–Kier alpha value is -1.95. The van der Waals surface area contributed by atoms with Crippen molar-refractivity contribution in [3.05, 3.63) is 34.9 Å². The van der Waals surface area contributed by atoms with E-state index in [0.717, 1.165) is 12.8 Å². The number of nitrogens with zero attached hydrogens (tertiary/aromatic N) is 2. The lowest BCUT2D eigenvalue weighted by atomic mass is 9.90. The molecule has 1 heterocycles. The molecule has 0 radical (unpaired) electrons. The Labute approximate surface area is 160 Å². The van der Waals surface area contributed by atoms with Crippen molar-refractivity contribution in [1.29, 1.82) is 5.26 Å². The van der Waals surface area contributed by atoms with Crippen LogP contribution in [0.4, 0.5) is 26.3 Å². The molecule has 3 nitrogen and oxygen atoms in total. The van der Waals surface area contributed by atoms with Crippen LogP contribution in [0.5, 0.6) is 0 Å². The van der Waals surface area contributed by atoms with Crippen LogP contribution in [-0.2, 0) is 18.9 Å². The molecule has 156 valence electrons. The number of nitrogens with one attached hydrogen (secondary N) is 1. The molecule has 1 aliphatic rings. The fourth-order valence-electron chi connectivity index (χ4n) is 3.60. The highest BCUT2D eigenvalue weighted by atomic mass is 19.4. The Morgan fingerprint density at radius 1 is 0.964 bits per heavy atom. The van der Waals surface area contributed by atoms with E-state index in [1.165, 1.54) is 4.90 Å². The van der Waals surface area contributed by atoms with E-state index in [1.807, 2.05) is 20.0 Å². The number of hydrogen-bond donors (Lipinski definition) is 1. The smallest absolute Gasteiger partial charge is 0.311 e. The second kappa shape index (κ2) is 8.60. The molecule has 0 aromatic heterocycles. The fraction of sp³-hybridized carbons (Fsp3) is 0.632. The molecule has 0 aliphatic carbocycles. The third-order valence-electron chi connectivity index (χ3n) is 5.14.